The SMILES string of the molecule is CSc1ccc(CNc2cccc(NC(=O)c3ccccc3)c2)cc1. The van der Waals surface area contributed by atoms with E-state index in [-0.39, 0.29) is 5.91 Å². The van der Waals surface area contributed by atoms with E-state index in [1.165, 1.54) is 10.5 Å². The van der Waals surface area contributed by atoms with E-state index in [0.29, 0.717) is 5.56 Å². The van der Waals surface area contributed by atoms with Gasteiger partial charge in [-0.3, -0.25) is 4.79 Å². The lowest BCUT2D eigenvalue weighted by Gasteiger charge is -2.10. The van der Waals surface area contributed by atoms with Crippen LogP contribution in [0.4, 0.5) is 11.4 Å². The zero-order valence-corrected chi connectivity index (χ0v) is 14.8. The number of thioether (sulfide) groups is 1. The zero-order chi connectivity index (χ0) is 17.5. The average Bonchev–Trinajstić information content (AvgIpc) is 2.68. The summed E-state index contributed by atoms with van der Waals surface area (Å²) in [4.78, 5) is 13.5. The van der Waals surface area contributed by atoms with Gasteiger partial charge in [0.05, 0.1) is 0 Å². The third kappa shape index (κ3) is 4.88. The lowest BCUT2D eigenvalue weighted by Crippen LogP contribution is -2.11. The number of amides is 1. The highest BCUT2D eigenvalue weighted by Gasteiger charge is 2.05. The lowest BCUT2D eigenvalue weighted by atomic mass is 10.2. The molecule has 0 saturated heterocycles. The zero-order valence-electron chi connectivity index (χ0n) is 14.0. The molecular weight excluding hydrogens is 328 g/mol. The monoisotopic (exact) mass is 348 g/mol. The van der Waals surface area contributed by atoms with Gasteiger partial charge in [-0.25, -0.2) is 0 Å². The van der Waals surface area contributed by atoms with Crippen LogP contribution in [0.25, 0.3) is 0 Å². The highest BCUT2D eigenvalue weighted by molar-refractivity contribution is 7.98. The standard InChI is InChI=1S/C21H20N2OS/c1-25-20-12-10-16(11-13-20)15-22-18-8-5-9-19(14-18)23-21(24)17-6-3-2-4-7-17/h2-14,22H,15H2,1H3,(H,23,24). The van der Waals surface area contributed by atoms with Gasteiger partial charge in [-0.15, -0.1) is 11.8 Å². The molecule has 0 aliphatic carbocycles. The van der Waals surface area contributed by atoms with Crippen LogP contribution in [-0.2, 0) is 6.54 Å². The Balaban J connectivity index is 1.62. The van der Waals surface area contributed by atoms with Crippen LogP contribution in [0.5, 0.6) is 0 Å². The second kappa shape index (κ2) is 8.40. The Kier molecular flexibility index (Phi) is 5.75. The summed E-state index contributed by atoms with van der Waals surface area (Å²) in [6.45, 7) is 0.741. The number of hydrogen-bond donors (Lipinski definition) is 2. The number of hydrogen-bond acceptors (Lipinski definition) is 3. The Bertz CT molecular complexity index is 832. The number of benzene rings is 3. The van der Waals surface area contributed by atoms with E-state index in [9.17, 15) is 4.79 Å². The molecule has 0 heterocycles. The van der Waals surface area contributed by atoms with Gasteiger partial charge < -0.3 is 10.6 Å². The van der Waals surface area contributed by atoms with E-state index in [2.05, 4.69) is 41.2 Å². The second-order valence-electron chi connectivity index (χ2n) is 5.60. The molecule has 3 aromatic rings. The maximum atomic E-state index is 12.2. The topological polar surface area (TPSA) is 41.1 Å². The molecule has 0 aliphatic heterocycles. The summed E-state index contributed by atoms with van der Waals surface area (Å²) in [6, 6.07) is 25.5. The summed E-state index contributed by atoms with van der Waals surface area (Å²) in [7, 11) is 0. The largest absolute Gasteiger partial charge is 0.381 e. The molecule has 4 heteroatoms. The first kappa shape index (κ1) is 17.1. The summed E-state index contributed by atoms with van der Waals surface area (Å²) in [5.41, 5.74) is 3.61. The first-order valence-electron chi connectivity index (χ1n) is 8.08. The Morgan fingerprint density at radius 1 is 0.880 bits per heavy atom. The Morgan fingerprint density at radius 3 is 2.32 bits per heavy atom. The molecule has 0 atom stereocenters. The van der Waals surface area contributed by atoms with Crippen LogP contribution in [0.3, 0.4) is 0 Å². The number of nitrogens with one attached hydrogen (secondary N) is 2. The summed E-state index contributed by atoms with van der Waals surface area (Å²) in [5.74, 6) is -0.106. The van der Waals surface area contributed by atoms with Crippen molar-refractivity contribution in [1.29, 1.82) is 0 Å². The van der Waals surface area contributed by atoms with Gasteiger partial charge >= 0.3 is 0 Å². The molecule has 126 valence electrons. The van der Waals surface area contributed by atoms with Crippen molar-refractivity contribution < 1.29 is 4.79 Å². The highest BCUT2D eigenvalue weighted by Crippen LogP contribution is 2.18. The average molecular weight is 348 g/mol. The predicted octanol–water partition coefficient (Wildman–Crippen LogP) is 5.27. The van der Waals surface area contributed by atoms with Gasteiger partial charge in [-0.1, -0.05) is 36.4 Å². The predicted molar refractivity (Wildman–Crippen MR) is 106 cm³/mol. The van der Waals surface area contributed by atoms with Crippen LogP contribution in [0.2, 0.25) is 0 Å². The van der Waals surface area contributed by atoms with Crippen LogP contribution in [-0.4, -0.2) is 12.2 Å². The fourth-order valence-corrected chi connectivity index (χ4v) is 2.86. The molecular formula is C21H20N2OS. The maximum Gasteiger partial charge on any atom is 0.255 e. The van der Waals surface area contributed by atoms with Crippen molar-refractivity contribution in [2.45, 2.75) is 11.4 Å². The first-order valence-corrected chi connectivity index (χ1v) is 9.30. The minimum absolute atomic E-state index is 0.106. The van der Waals surface area contributed by atoms with Gasteiger partial charge in [-0.2, -0.15) is 0 Å². The van der Waals surface area contributed by atoms with Crippen LogP contribution in [0.15, 0.2) is 83.8 Å². The Labute approximate surface area is 152 Å². The van der Waals surface area contributed by atoms with Gasteiger partial charge in [0.25, 0.3) is 5.91 Å². The minimum Gasteiger partial charge on any atom is -0.381 e. The van der Waals surface area contributed by atoms with E-state index in [0.717, 1.165) is 17.9 Å². The lowest BCUT2D eigenvalue weighted by molar-refractivity contribution is 0.102. The molecule has 25 heavy (non-hydrogen) atoms. The van der Waals surface area contributed by atoms with E-state index in [1.807, 2.05) is 42.5 Å². The number of carbonyl (C=O) groups excluding carboxylic acids is 1. The molecule has 3 rings (SSSR count). The fourth-order valence-electron chi connectivity index (χ4n) is 2.45. The van der Waals surface area contributed by atoms with Gasteiger partial charge in [0, 0.05) is 28.4 Å². The number of rotatable bonds is 6. The van der Waals surface area contributed by atoms with Crippen molar-refractivity contribution in [3.8, 4) is 0 Å². The molecule has 0 saturated carbocycles. The molecule has 2 N–H and O–H groups in total. The summed E-state index contributed by atoms with van der Waals surface area (Å²) >= 11 is 1.74. The van der Waals surface area contributed by atoms with E-state index < -0.39 is 0 Å². The fraction of sp³-hybridized carbons (Fsp3) is 0.0952. The maximum absolute atomic E-state index is 12.2. The molecule has 0 aliphatic rings. The Hall–Kier alpha value is -2.72. The number of anilines is 2. The number of carbonyl (C=O) groups is 1. The molecule has 0 spiro atoms. The van der Waals surface area contributed by atoms with Crippen molar-refractivity contribution >= 4 is 29.0 Å². The van der Waals surface area contributed by atoms with Crippen molar-refractivity contribution in [3.63, 3.8) is 0 Å². The second-order valence-corrected chi connectivity index (χ2v) is 6.48. The molecule has 3 aromatic carbocycles. The van der Waals surface area contributed by atoms with Gasteiger partial charge in [-0.05, 0) is 54.3 Å². The van der Waals surface area contributed by atoms with E-state index >= 15 is 0 Å². The van der Waals surface area contributed by atoms with Crippen LogP contribution < -0.4 is 10.6 Å². The summed E-state index contributed by atoms with van der Waals surface area (Å²) in [5, 5.41) is 6.32. The first-order chi connectivity index (χ1) is 12.2. The third-order valence-electron chi connectivity index (χ3n) is 3.81. The van der Waals surface area contributed by atoms with Crippen LogP contribution in [0, 0.1) is 0 Å². The van der Waals surface area contributed by atoms with Crippen LogP contribution >= 0.6 is 11.8 Å². The van der Waals surface area contributed by atoms with E-state index in [1.54, 1.807) is 23.9 Å². The van der Waals surface area contributed by atoms with Gasteiger partial charge in [0.15, 0.2) is 0 Å². The molecule has 1 amide bonds. The molecule has 0 fully saturated rings. The van der Waals surface area contributed by atoms with Crippen molar-refractivity contribution in [2.24, 2.45) is 0 Å². The van der Waals surface area contributed by atoms with Crippen molar-refractivity contribution in [3.05, 3.63) is 90.0 Å². The molecule has 3 nitrogen and oxygen atoms in total. The van der Waals surface area contributed by atoms with E-state index in [4.69, 9.17) is 0 Å². The quantitative estimate of drug-likeness (QED) is 0.596. The van der Waals surface area contributed by atoms with Crippen molar-refractivity contribution in [2.75, 3.05) is 16.9 Å². The summed E-state index contributed by atoms with van der Waals surface area (Å²) in [6.07, 6.45) is 2.07. The third-order valence-corrected chi connectivity index (χ3v) is 4.56. The van der Waals surface area contributed by atoms with Gasteiger partial charge in [0.2, 0.25) is 0 Å². The highest BCUT2D eigenvalue weighted by atomic mass is 32.2. The minimum atomic E-state index is -0.106. The smallest absolute Gasteiger partial charge is 0.255 e. The van der Waals surface area contributed by atoms with Crippen LogP contribution in [0.1, 0.15) is 15.9 Å². The molecule has 0 radical (unpaired) electrons. The summed E-state index contributed by atoms with van der Waals surface area (Å²) < 4.78 is 0. The molecule has 0 unspecified atom stereocenters. The Morgan fingerprint density at radius 2 is 1.60 bits per heavy atom. The van der Waals surface area contributed by atoms with Crippen molar-refractivity contribution in [1.82, 2.24) is 0 Å². The normalized spacial score (nSPS) is 10.3. The molecule has 0 bridgehead atoms. The molecule has 0 aromatic heterocycles. The van der Waals surface area contributed by atoms with Gasteiger partial charge in [0.1, 0.15) is 0 Å².